The molecule has 0 aromatic heterocycles. The van der Waals surface area contributed by atoms with Crippen molar-refractivity contribution in [2.75, 3.05) is 7.11 Å². The van der Waals surface area contributed by atoms with Crippen LogP contribution < -0.4 is 4.74 Å². The van der Waals surface area contributed by atoms with E-state index in [1.165, 1.54) is 43.7 Å². The number of carbonyl (C=O) groups excluding carboxylic acids is 1. The van der Waals surface area contributed by atoms with Crippen molar-refractivity contribution in [3.05, 3.63) is 53.1 Å². The molecule has 4 aliphatic carbocycles. The van der Waals surface area contributed by atoms with Crippen molar-refractivity contribution >= 4 is 5.78 Å². The topological polar surface area (TPSA) is 66.8 Å². The number of benzene rings is 2. The predicted molar refractivity (Wildman–Crippen MR) is 134 cm³/mol. The molecule has 4 atom stereocenters. The molecule has 4 aliphatic rings. The van der Waals surface area contributed by atoms with E-state index in [9.17, 15) is 15.0 Å². The van der Waals surface area contributed by atoms with Crippen LogP contribution in [0.15, 0.2) is 36.4 Å². The lowest BCUT2D eigenvalue weighted by atomic mass is 9.70. The van der Waals surface area contributed by atoms with Gasteiger partial charge < -0.3 is 14.9 Å². The summed E-state index contributed by atoms with van der Waals surface area (Å²) in [6, 6.07) is 11.2. The van der Waals surface area contributed by atoms with Gasteiger partial charge in [-0.05, 0) is 111 Å². The molecule has 4 saturated carbocycles. The first-order chi connectivity index (χ1) is 16.3. The summed E-state index contributed by atoms with van der Waals surface area (Å²) in [5.74, 6) is 3.71. The summed E-state index contributed by atoms with van der Waals surface area (Å²) in [4.78, 5) is 13.5. The molecule has 182 valence electrons. The molecular formula is C30H38O4. The van der Waals surface area contributed by atoms with Crippen molar-refractivity contribution < 1.29 is 19.7 Å². The Bertz CT molecular complexity index is 1060. The second-order valence-corrected chi connectivity index (χ2v) is 11.5. The van der Waals surface area contributed by atoms with Crippen LogP contribution in [0.1, 0.15) is 80.3 Å². The smallest absolute Gasteiger partial charge is 0.165 e. The second kappa shape index (κ2) is 8.94. The molecule has 34 heavy (non-hydrogen) atoms. The summed E-state index contributed by atoms with van der Waals surface area (Å²) in [6.07, 6.45) is 9.32. The Balaban J connectivity index is 1.27. The van der Waals surface area contributed by atoms with Crippen molar-refractivity contribution in [2.24, 2.45) is 29.6 Å². The number of Topliss-reactive ketones (excluding diaryl/α,β-unsaturated/α-hetero) is 1. The Hall–Kier alpha value is -2.49. The summed E-state index contributed by atoms with van der Waals surface area (Å²) in [5.41, 5.74) is 3.35. The fourth-order valence-electron chi connectivity index (χ4n) is 7.61. The summed E-state index contributed by atoms with van der Waals surface area (Å²) in [6.45, 7) is 4.22. The highest BCUT2D eigenvalue weighted by molar-refractivity contribution is 5.98. The number of ketones is 1. The molecule has 2 aromatic carbocycles. The van der Waals surface area contributed by atoms with Gasteiger partial charge in [-0.25, -0.2) is 0 Å². The summed E-state index contributed by atoms with van der Waals surface area (Å²) < 4.78 is 5.82. The zero-order valence-electron chi connectivity index (χ0n) is 20.7. The lowest BCUT2D eigenvalue weighted by molar-refractivity contribution is 0.0888. The largest absolute Gasteiger partial charge is 0.504 e. The van der Waals surface area contributed by atoms with Crippen molar-refractivity contribution in [3.8, 4) is 17.2 Å². The van der Waals surface area contributed by atoms with Gasteiger partial charge in [-0.2, -0.15) is 0 Å². The molecule has 6 rings (SSSR count). The Kier molecular flexibility index (Phi) is 6.12. The molecular weight excluding hydrogens is 424 g/mol. The van der Waals surface area contributed by atoms with Crippen LogP contribution in [0.5, 0.6) is 17.2 Å². The Labute approximate surface area is 203 Å². The lowest BCUT2D eigenvalue weighted by Crippen LogP contribution is -2.29. The molecule has 0 heterocycles. The van der Waals surface area contributed by atoms with Crippen LogP contribution in [-0.2, 0) is 11.8 Å². The van der Waals surface area contributed by atoms with E-state index in [0.717, 1.165) is 53.9 Å². The molecule has 2 N–H and O–H groups in total. The normalized spacial score (nSPS) is 28.7. The molecule has 0 amide bonds. The SMILES string of the molecule is COc1ccc(C(=O)C(C)C(C)CCCc2ccc(O)c(O)c2)cc1C12CC3CC(CC1C3)C2. The minimum absolute atomic E-state index is 0.0525. The maximum atomic E-state index is 13.5. The number of rotatable bonds is 9. The monoisotopic (exact) mass is 462 g/mol. The van der Waals surface area contributed by atoms with Crippen molar-refractivity contribution in [3.63, 3.8) is 0 Å². The van der Waals surface area contributed by atoms with Gasteiger partial charge in [-0.1, -0.05) is 19.9 Å². The summed E-state index contributed by atoms with van der Waals surface area (Å²) in [7, 11) is 1.76. The number of hydrogen-bond acceptors (Lipinski definition) is 4. The third kappa shape index (κ3) is 3.99. The van der Waals surface area contributed by atoms with Crippen LogP contribution in [0.3, 0.4) is 0 Å². The average Bonchev–Trinajstić information content (AvgIpc) is 3.24. The third-order valence-electron chi connectivity index (χ3n) is 9.44. The zero-order valence-corrected chi connectivity index (χ0v) is 20.7. The van der Waals surface area contributed by atoms with Crippen LogP contribution in [0.4, 0.5) is 0 Å². The van der Waals surface area contributed by atoms with Gasteiger partial charge >= 0.3 is 0 Å². The van der Waals surface area contributed by atoms with Gasteiger partial charge in [0.15, 0.2) is 17.3 Å². The van der Waals surface area contributed by atoms with E-state index < -0.39 is 0 Å². The molecule has 0 radical (unpaired) electrons. The van der Waals surface area contributed by atoms with Gasteiger partial charge in [0.2, 0.25) is 0 Å². The zero-order chi connectivity index (χ0) is 24.0. The Morgan fingerprint density at radius 3 is 2.44 bits per heavy atom. The molecule has 4 unspecified atom stereocenters. The molecule has 4 fully saturated rings. The predicted octanol–water partition coefficient (Wildman–Crippen LogP) is 6.66. The minimum atomic E-state index is -0.0895. The van der Waals surface area contributed by atoms with E-state index in [1.54, 1.807) is 13.2 Å². The fourth-order valence-corrected chi connectivity index (χ4v) is 7.61. The van der Waals surface area contributed by atoms with Gasteiger partial charge in [-0.15, -0.1) is 0 Å². The molecule has 4 bridgehead atoms. The van der Waals surface area contributed by atoms with E-state index in [4.69, 9.17) is 4.74 Å². The maximum absolute atomic E-state index is 13.5. The number of aromatic hydroxyl groups is 2. The van der Waals surface area contributed by atoms with E-state index in [-0.39, 0.29) is 34.5 Å². The van der Waals surface area contributed by atoms with Crippen LogP contribution in [0.2, 0.25) is 0 Å². The van der Waals surface area contributed by atoms with Gasteiger partial charge in [0.1, 0.15) is 5.75 Å². The first-order valence-electron chi connectivity index (χ1n) is 13.0. The van der Waals surface area contributed by atoms with Crippen LogP contribution >= 0.6 is 0 Å². The molecule has 0 aliphatic heterocycles. The summed E-state index contributed by atoms with van der Waals surface area (Å²) >= 11 is 0. The van der Waals surface area contributed by atoms with Gasteiger partial charge in [0.25, 0.3) is 0 Å². The van der Waals surface area contributed by atoms with Gasteiger partial charge in [-0.3, -0.25) is 4.79 Å². The number of carbonyl (C=O) groups is 1. The average molecular weight is 463 g/mol. The number of phenolic OH excluding ortho intramolecular Hbond substituents is 2. The van der Waals surface area contributed by atoms with Crippen LogP contribution in [0, 0.1) is 29.6 Å². The quantitative estimate of drug-likeness (QED) is 0.323. The first-order valence-corrected chi connectivity index (χ1v) is 13.0. The highest BCUT2D eigenvalue weighted by Gasteiger charge is 2.59. The molecule has 4 heteroatoms. The third-order valence-corrected chi connectivity index (χ3v) is 9.44. The first kappa shape index (κ1) is 23.3. The highest BCUT2D eigenvalue weighted by Crippen LogP contribution is 2.67. The van der Waals surface area contributed by atoms with Gasteiger partial charge in [0, 0.05) is 22.5 Å². The van der Waals surface area contributed by atoms with E-state index in [1.807, 2.05) is 18.2 Å². The van der Waals surface area contributed by atoms with Crippen molar-refractivity contribution in [1.82, 2.24) is 0 Å². The Morgan fingerprint density at radius 1 is 1.03 bits per heavy atom. The number of phenols is 2. The minimum Gasteiger partial charge on any atom is -0.504 e. The molecule has 4 nitrogen and oxygen atoms in total. The van der Waals surface area contributed by atoms with Gasteiger partial charge in [0.05, 0.1) is 7.11 Å². The van der Waals surface area contributed by atoms with E-state index in [2.05, 4.69) is 19.9 Å². The lowest BCUT2D eigenvalue weighted by Gasteiger charge is -2.35. The Morgan fingerprint density at radius 2 is 1.76 bits per heavy atom. The highest BCUT2D eigenvalue weighted by atomic mass is 16.5. The number of aryl methyl sites for hydroxylation is 1. The maximum Gasteiger partial charge on any atom is 0.165 e. The molecule has 0 spiro atoms. The standard InChI is InChI=1S/C30H38O4/c1-18(5-4-6-20-7-9-26(31)27(32)14-20)19(2)29(33)23-8-10-28(34-3)25(15-23)30-16-21-11-22(17-30)13-24(30)12-21/h7-10,14-15,18-19,21-22,24,31-32H,4-6,11-13,16-17H2,1-3H3. The van der Waals surface area contributed by atoms with Crippen LogP contribution in [-0.4, -0.2) is 23.1 Å². The fraction of sp³-hybridized carbons (Fsp3) is 0.567. The molecule has 0 saturated heterocycles. The van der Waals surface area contributed by atoms with E-state index in [0.29, 0.717) is 0 Å². The number of ether oxygens (including phenoxy) is 1. The van der Waals surface area contributed by atoms with Crippen LogP contribution in [0.25, 0.3) is 0 Å². The van der Waals surface area contributed by atoms with Crippen molar-refractivity contribution in [2.45, 2.75) is 70.6 Å². The summed E-state index contributed by atoms with van der Waals surface area (Å²) in [5, 5.41) is 19.2. The van der Waals surface area contributed by atoms with E-state index >= 15 is 0 Å². The second-order valence-electron chi connectivity index (χ2n) is 11.5. The number of methoxy groups -OCH3 is 1. The van der Waals surface area contributed by atoms with Crippen molar-refractivity contribution in [1.29, 1.82) is 0 Å². The number of hydrogen-bond donors (Lipinski definition) is 2. The molecule has 2 aromatic rings.